The summed E-state index contributed by atoms with van der Waals surface area (Å²) in [4.78, 5) is 4.53. The maximum Gasteiger partial charge on any atom is 0.191 e. The molecule has 0 aromatic rings. The highest BCUT2D eigenvalue weighted by atomic mass is 15.2. The van der Waals surface area contributed by atoms with Crippen molar-refractivity contribution in [3.8, 4) is 0 Å². The predicted molar refractivity (Wildman–Crippen MR) is 76.4 cm³/mol. The molecule has 0 amide bonds. The van der Waals surface area contributed by atoms with E-state index < -0.39 is 0 Å². The van der Waals surface area contributed by atoms with E-state index in [0.717, 1.165) is 25.5 Å². The van der Waals surface area contributed by atoms with Gasteiger partial charge in [-0.25, -0.2) is 0 Å². The Morgan fingerprint density at radius 1 is 1.06 bits per heavy atom. The molecule has 0 aliphatic heterocycles. The number of nitrogens with zero attached hydrogens (tertiary/aromatic N) is 1. The van der Waals surface area contributed by atoms with E-state index in [-0.39, 0.29) is 0 Å². The molecule has 0 aromatic heterocycles. The lowest BCUT2D eigenvalue weighted by molar-refractivity contribution is 0.621. The number of guanidine groups is 1. The van der Waals surface area contributed by atoms with Crippen LogP contribution in [0.15, 0.2) is 4.99 Å². The van der Waals surface area contributed by atoms with Gasteiger partial charge in [0.15, 0.2) is 5.96 Å². The highest BCUT2D eigenvalue weighted by molar-refractivity contribution is 5.80. The van der Waals surface area contributed by atoms with E-state index in [4.69, 9.17) is 5.73 Å². The Morgan fingerprint density at radius 3 is 2.24 bits per heavy atom. The largest absolute Gasteiger partial charge is 0.356 e. The van der Waals surface area contributed by atoms with Crippen LogP contribution < -0.4 is 16.4 Å². The molecule has 0 heterocycles. The lowest BCUT2D eigenvalue weighted by Crippen LogP contribution is -2.42. The lowest BCUT2D eigenvalue weighted by Gasteiger charge is -2.16. The SMILES string of the molecule is CC(C)/N=C(\NCCCCCCN)NC(C)C. The molecule has 4 heteroatoms. The van der Waals surface area contributed by atoms with E-state index in [1.165, 1.54) is 19.3 Å². The molecule has 4 nitrogen and oxygen atoms in total. The molecule has 4 N–H and O–H groups in total. The molecular formula is C13H30N4. The molecule has 0 aromatic carbocycles. The molecule has 0 saturated heterocycles. The first-order valence-corrected chi connectivity index (χ1v) is 6.84. The van der Waals surface area contributed by atoms with Crippen molar-refractivity contribution < 1.29 is 0 Å². The van der Waals surface area contributed by atoms with Crippen LogP contribution in [-0.2, 0) is 0 Å². The van der Waals surface area contributed by atoms with Crippen LogP contribution in [0.4, 0.5) is 0 Å². The molecule has 0 saturated carbocycles. The van der Waals surface area contributed by atoms with Gasteiger partial charge in [-0.2, -0.15) is 0 Å². The fourth-order valence-electron chi connectivity index (χ4n) is 1.50. The van der Waals surface area contributed by atoms with Crippen molar-refractivity contribution >= 4 is 5.96 Å². The summed E-state index contributed by atoms with van der Waals surface area (Å²) in [6.45, 7) is 10.2. The zero-order valence-electron chi connectivity index (χ0n) is 11.9. The average Bonchev–Trinajstić information content (AvgIpc) is 2.21. The average molecular weight is 242 g/mol. The summed E-state index contributed by atoms with van der Waals surface area (Å²) in [5.74, 6) is 0.925. The van der Waals surface area contributed by atoms with E-state index in [9.17, 15) is 0 Å². The summed E-state index contributed by atoms with van der Waals surface area (Å²) >= 11 is 0. The van der Waals surface area contributed by atoms with Crippen LogP contribution in [0.1, 0.15) is 53.4 Å². The maximum absolute atomic E-state index is 5.46. The smallest absolute Gasteiger partial charge is 0.191 e. The van der Waals surface area contributed by atoms with Gasteiger partial charge >= 0.3 is 0 Å². The summed E-state index contributed by atoms with van der Waals surface area (Å²) in [6, 6.07) is 0.734. The Hall–Kier alpha value is -0.770. The second-order valence-electron chi connectivity index (χ2n) is 5.00. The van der Waals surface area contributed by atoms with Gasteiger partial charge in [0.1, 0.15) is 0 Å². The first kappa shape index (κ1) is 16.2. The Labute approximate surface area is 106 Å². The Morgan fingerprint density at radius 2 is 1.71 bits per heavy atom. The van der Waals surface area contributed by atoms with Crippen LogP contribution in [0, 0.1) is 0 Å². The quantitative estimate of drug-likeness (QED) is 0.346. The molecule has 0 fully saturated rings. The third-order valence-electron chi connectivity index (χ3n) is 2.24. The van der Waals surface area contributed by atoms with Gasteiger partial charge in [-0.1, -0.05) is 12.8 Å². The molecular weight excluding hydrogens is 212 g/mol. The van der Waals surface area contributed by atoms with Gasteiger partial charge in [-0.05, 0) is 47.1 Å². The van der Waals surface area contributed by atoms with E-state index in [2.05, 4.69) is 43.3 Å². The van der Waals surface area contributed by atoms with Crippen molar-refractivity contribution in [3.05, 3.63) is 0 Å². The van der Waals surface area contributed by atoms with Crippen molar-refractivity contribution in [3.63, 3.8) is 0 Å². The Balaban J connectivity index is 3.77. The third-order valence-corrected chi connectivity index (χ3v) is 2.24. The molecule has 17 heavy (non-hydrogen) atoms. The monoisotopic (exact) mass is 242 g/mol. The summed E-state index contributed by atoms with van der Waals surface area (Å²) in [7, 11) is 0. The van der Waals surface area contributed by atoms with Crippen LogP contribution in [0.3, 0.4) is 0 Å². The number of rotatable bonds is 8. The normalized spacial score (nSPS) is 12.3. The number of nitrogens with two attached hydrogens (primary N) is 1. The molecule has 0 radical (unpaired) electrons. The summed E-state index contributed by atoms with van der Waals surface area (Å²) < 4.78 is 0. The zero-order chi connectivity index (χ0) is 13.1. The molecule has 0 rings (SSSR count). The molecule has 0 aliphatic rings. The van der Waals surface area contributed by atoms with Crippen molar-refractivity contribution in [1.82, 2.24) is 10.6 Å². The fourth-order valence-corrected chi connectivity index (χ4v) is 1.50. The minimum Gasteiger partial charge on any atom is -0.356 e. The topological polar surface area (TPSA) is 62.4 Å². The van der Waals surface area contributed by atoms with Crippen LogP contribution in [-0.4, -0.2) is 31.1 Å². The molecule has 102 valence electrons. The second kappa shape index (κ2) is 10.4. The lowest BCUT2D eigenvalue weighted by atomic mass is 10.2. The number of nitrogens with one attached hydrogen (secondary N) is 2. The highest BCUT2D eigenvalue weighted by Gasteiger charge is 2.01. The van der Waals surface area contributed by atoms with Gasteiger partial charge in [-0.15, -0.1) is 0 Å². The third kappa shape index (κ3) is 11.5. The van der Waals surface area contributed by atoms with Crippen molar-refractivity contribution in [1.29, 1.82) is 0 Å². The van der Waals surface area contributed by atoms with Gasteiger partial charge in [0, 0.05) is 18.6 Å². The summed E-state index contributed by atoms with van der Waals surface area (Å²) in [5, 5.41) is 6.70. The minimum atomic E-state index is 0.320. The number of hydrogen-bond donors (Lipinski definition) is 3. The van der Waals surface area contributed by atoms with E-state index in [1.807, 2.05) is 0 Å². The van der Waals surface area contributed by atoms with Crippen molar-refractivity contribution in [2.24, 2.45) is 10.7 Å². The van der Waals surface area contributed by atoms with Crippen molar-refractivity contribution in [2.75, 3.05) is 13.1 Å². The second-order valence-corrected chi connectivity index (χ2v) is 5.00. The standard InChI is InChI=1S/C13H30N4/c1-11(2)16-13(17-12(3)4)15-10-8-6-5-7-9-14/h11-12H,5-10,14H2,1-4H3,(H2,15,16,17). The predicted octanol–water partition coefficient (Wildman–Crippen LogP) is 1.86. The Bertz CT molecular complexity index is 200. The van der Waals surface area contributed by atoms with Crippen LogP contribution in [0.5, 0.6) is 0 Å². The van der Waals surface area contributed by atoms with Crippen LogP contribution >= 0.6 is 0 Å². The molecule has 0 atom stereocenters. The summed E-state index contributed by atoms with van der Waals surface area (Å²) in [6.07, 6.45) is 4.78. The van der Waals surface area contributed by atoms with Crippen LogP contribution in [0.2, 0.25) is 0 Å². The van der Waals surface area contributed by atoms with E-state index in [1.54, 1.807) is 0 Å². The Kier molecular flexibility index (Phi) is 9.92. The van der Waals surface area contributed by atoms with E-state index >= 15 is 0 Å². The van der Waals surface area contributed by atoms with Gasteiger partial charge in [0.2, 0.25) is 0 Å². The van der Waals surface area contributed by atoms with Gasteiger partial charge in [0.05, 0.1) is 0 Å². The van der Waals surface area contributed by atoms with Crippen LogP contribution in [0.25, 0.3) is 0 Å². The first-order chi connectivity index (χ1) is 8.06. The number of unbranched alkanes of at least 4 members (excludes halogenated alkanes) is 3. The fraction of sp³-hybridized carbons (Fsp3) is 0.923. The molecule has 0 unspecified atom stereocenters. The number of hydrogen-bond acceptors (Lipinski definition) is 2. The molecule has 0 spiro atoms. The van der Waals surface area contributed by atoms with E-state index in [0.29, 0.717) is 12.1 Å². The van der Waals surface area contributed by atoms with Crippen molar-refractivity contribution in [2.45, 2.75) is 65.5 Å². The zero-order valence-corrected chi connectivity index (χ0v) is 11.9. The molecule has 0 bridgehead atoms. The minimum absolute atomic E-state index is 0.320. The molecule has 0 aliphatic carbocycles. The highest BCUT2D eigenvalue weighted by Crippen LogP contribution is 1.97. The first-order valence-electron chi connectivity index (χ1n) is 6.84. The van der Waals surface area contributed by atoms with Gasteiger partial charge in [0.25, 0.3) is 0 Å². The number of aliphatic imine (C=N–C) groups is 1. The summed E-state index contributed by atoms with van der Waals surface area (Å²) in [5.41, 5.74) is 5.46. The van der Waals surface area contributed by atoms with Gasteiger partial charge in [-0.3, -0.25) is 4.99 Å². The van der Waals surface area contributed by atoms with Gasteiger partial charge < -0.3 is 16.4 Å². The maximum atomic E-state index is 5.46.